The summed E-state index contributed by atoms with van der Waals surface area (Å²) in [6.45, 7) is 2.18. The van der Waals surface area contributed by atoms with E-state index in [1.54, 1.807) is 0 Å². The Morgan fingerprint density at radius 3 is 1.43 bits per heavy atom. The van der Waals surface area contributed by atoms with E-state index >= 15 is 0 Å². The molecule has 272 valence electrons. The van der Waals surface area contributed by atoms with Gasteiger partial charge in [0, 0.05) is 13.3 Å². The Bertz CT molecular complexity index is 844. The molecule has 14 heteroatoms. The summed E-state index contributed by atoms with van der Waals surface area (Å²) in [6, 6.07) is 0. The average Bonchev–Trinajstić information content (AvgIpc) is 3.01. The highest BCUT2D eigenvalue weighted by Crippen LogP contribution is 2.47. The molecule has 0 spiro atoms. The van der Waals surface area contributed by atoms with Crippen LogP contribution in [-0.4, -0.2) is 98.3 Å². The fourth-order valence-electron chi connectivity index (χ4n) is 5.43. The van der Waals surface area contributed by atoms with Crippen LogP contribution in [0.5, 0.6) is 0 Å². The number of hydrogen-bond donors (Lipinski definition) is 6. The van der Waals surface area contributed by atoms with Crippen LogP contribution in [0.2, 0.25) is 0 Å². The van der Waals surface area contributed by atoms with E-state index in [0.717, 1.165) is 26.2 Å². The third kappa shape index (κ3) is 19.0. The lowest BCUT2D eigenvalue weighted by Gasteiger charge is -2.41. The van der Waals surface area contributed by atoms with Crippen molar-refractivity contribution in [1.82, 2.24) is 0 Å². The lowest BCUT2D eigenvalue weighted by molar-refractivity contribution is -0.220. The Labute approximate surface area is 274 Å². The minimum atomic E-state index is -5.07. The van der Waals surface area contributed by atoms with Crippen LogP contribution in [0.25, 0.3) is 0 Å². The van der Waals surface area contributed by atoms with E-state index in [1.807, 2.05) is 0 Å². The zero-order chi connectivity index (χ0) is 34.4. The summed E-state index contributed by atoms with van der Waals surface area (Å²) in [4.78, 5) is 33.7. The quantitative estimate of drug-likeness (QED) is 0.0407. The Hall–Kier alpha value is -1.15. The molecular formula is C32H61O13P. The van der Waals surface area contributed by atoms with E-state index in [9.17, 15) is 44.6 Å². The first-order chi connectivity index (χ1) is 21.9. The van der Waals surface area contributed by atoms with Gasteiger partial charge in [-0.05, 0) is 6.42 Å². The monoisotopic (exact) mass is 684 g/mol. The third-order valence-electron chi connectivity index (χ3n) is 8.26. The van der Waals surface area contributed by atoms with E-state index in [4.69, 9.17) is 18.5 Å². The van der Waals surface area contributed by atoms with Gasteiger partial charge in [0.25, 0.3) is 0 Å². The molecule has 0 bridgehead atoms. The minimum Gasteiger partial charge on any atom is -0.462 e. The van der Waals surface area contributed by atoms with Gasteiger partial charge in [0.15, 0.2) is 6.10 Å². The van der Waals surface area contributed by atoms with Gasteiger partial charge >= 0.3 is 19.8 Å². The van der Waals surface area contributed by atoms with Crippen molar-refractivity contribution in [2.24, 2.45) is 0 Å². The lowest BCUT2D eigenvalue weighted by atomic mass is 9.85. The van der Waals surface area contributed by atoms with Crippen molar-refractivity contribution in [3.05, 3.63) is 0 Å². The van der Waals surface area contributed by atoms with Crippen molar-refractivity contribution in [2.45, 2.75) is 179 Å². The molecule has 0 radical (unpaired) electrons. The van der Waals surface area contributed by atoms with E-state index in [-0.39, 0.29) is 6.42 Å². The molecule has 0 aliphatic heterocycles. The normalized spacial score (nSPS) is 25.1. The van der Waals surface area contributed by atoms with Gasteiger partial charge in [-0.15, -0.1) is 0 Å². The molecule has 1 aliphatic rings. The molecule has 13 nitrogen and oxygen atoms in total. The first-order valence-corrected chi connectivity index (χ1v) is 18.8. The van der Waals surface area contributed by atoms with Crippen LogP contribution in [0.1, 0.15) is 136 Å². The van der Waals surface area contributed by atoms with Crippen molar-refractivity contribution in [1.29, 1.82) is 0 Å². The zero-order valence-electron chi connectivity index (χ0n) is 27.9. The first-order valence-electron chi connectivity index (χ1n) is 17.3. The summed E-state index contributed by atoms with van der Waals surface area (Å²) in [5.74, 6) is -1.28. The van der Waals surface area contributed by atoms with Crippen molar-refractivity contribution in [3.8, 4) is 0 Å². The summed E-state index contributed by atoms with van der Waals surface area (Å²) in [5.41, 5.74) is 0. The lowest BCUT2D eigenvalue weighted by Crippen LogP contribution is -2.64. The van der Waals surface area contributed by atoms with Crippen molar-refractivity contribution in [2.75, 3.05) is 13.2 Å². The van der Waals surface area contributed by atoms with E-state index in [1.165, 1.54) is 89.9 Å². The van der Waals surface area contributed by atoms with Gasteiger partial charge < -0.3 is 39.9 Å². The molecule has 6 N–H and O–H groups in total. The van der Waals surface area contributed by atoms with Crippen LogP contribution in [0.4, 0.5) is 0 Å². The smallest absolute Gasteiger partial charge is 0.462 e. The molecule has 1 aliphatic carbocycles. The summed E-state index contributed by atoms with van der Waals surface area (Å²) in [5, 5.41) is 49.3. The van der Waals surface area contributed by atoms with Crippen LogP contribution < -0.4 is 0 Å². The molecular weight excluding hydrogens is 623 g/mol. The number of hydrogen-bond acceptors (Lipinski definition) is 12. The van der Waals surface area contributed by atoms with Gasteiger partial charge in [-0.25, -0.2) is 4.57 Å². The second kappa shape index (κ2) is 24.9. The number of phosphoric ester groups is 1. The third-order valence-corrected chi connectivity index (χ3v) is 9.24. The molecule has 0 aromatic rings. The maximum absolute atomic E-state index is 12.5. The first kappa shape index (κ1) is 42.9. The topological polar surface area (TPSA) is 210 Å². The number of phosphoric acid groups is 1. The number of aliphatic hydroxyl groups is 5. The highest BCUT2D eigenvalue weighted by atomic mass is 31.2. The van der Waals surface area contributed by atoms with Gasteiger partial charge in [-0.1, -0.05) is 116 Å². The van der Waals surface area contributed by atoms with E-state index in [2.05, 4.69) is 6.92 Å². The Morgan fingerprint density at radius 2 is 1.02 bits per heavy atom. The molecule has 46 heavy (non-hydrogen) atoms. The largest absolute Gasteiger partial charge is 0.472 e. The number of rotatable bonds is 27. The average molecular weight is 685 g/mol. The molecule has 6 unspecified atom stereocenters. The summed E-state index contributed by atoms with van der Waals surface area (Å²) in [7, 11) is -5.07. The predicted molar refractivity (Wildman–Crippen MR) is 171 cm³/mol. The number of carbonyl (C=O) groups excluding carboxylic acids is 2. The highest BCUT2D eigenvalue weighted by molar-refractivity contribution is 7.47. The SMILES string of the molecule is CCCCCCCCCCCCCCCCCCCCC(=O)OC(COC(C)=O)COP(=O)(O)OC1C(O)C(O)C(O)C(O)C1O. The van der Waals surface area contributed by atoms with Crippen LogP contribution in [-0.2, 0) is 32.7 Å². The van der Waals surface area contributed by atoms with Crippen LogP contribution in [0.15, 0.2) is 0 Å². The highest BCUT2D eigenvalue weighted by Gasteiger charge is 2.51. The van der Waals surface area contributed by atoms with Crippen molar-refractivity contribution < 1.29 is 63.1 Å². The zero-order valence-corrected chi connectivity index (χ0v) is 28.8. The minimum absolute atomic E-state index is 0.0984. The number of unbranched alkanes of at least 4 members (excludes halogenated alkanes) is 17. The standard InChI is InChI=1S/C32H61O13P/c1-3-4-5-6-7-8-9-10-11-12-13-14-15-16-17-18-19-20-21-26(34)44-25(22-42-24(2)33)23-43-46(40,41)45-32-30(38)28(36)27(35)29(37)31(32)39/h25,27-32,35-39H,3-23H2,1-2H3,(H,40,41). The number of esters is 2. The molecule has 1 rings (SSSR count). The van der Waals surface area contributed by atoms with E-state index < -0.39 is 75.7 Å². The summed E-state index contributed by atoms with van der Waals surface area (Å²) < 4.78 is 32.2. The maximum Gasteiger partial charge on any atom is 0.472 e. The number of aliphatic hydroxyl groups excluding tert-OH is 5. The molecule has 1 fully saturated rings. The van der Waals surface area contributed by atoms with Gasteiger partial charge in [-0.2, -0.15) is 0 Å². The second-order valence-electron chi connectivity index (χ2n) is 12.5. The van der Waals surface area contributed by atoms with Gasteiger partial charge in [0.1, 0.15) is 43.2 Å². The molecule has 0 aromatic carbocycles. The van der Waals surface area contributed by atoms with E-state index in [0.29, 0.717) is 6.42 Å². The number of ether oxygens (including phenoxy) is 2. The molecule has 1 saturated carbocycles. The summed E-state index contributed by atoms with van der Waals surface area (Å²) in [6.07, 6.45) is 8.97. The number of carbonyl (C=O) groups is 2. The molecule has 6 atom stereocenters. The molecule has 0 heterocycles. The maximum atomic E-state index is 12.5. The van der Waals surface area contributed by atoms with Crippen LogP contribution >= 0.6 is 7.82 Å². The molecule has 0 aromatic heterocycles. The fourth-order valence-corrected chi connectivity index (χ4v) is 6.40. The fraction of sp³-hybridized carbons (Fsp3) is 0.938. The molecule has 0 amide bonds. The van der Waals surface area contributed by atoms with Crippen LogP contribution in [0.3, 0.4) is 0 Å². The summed E-state index contributed by atoms with van der Waals surface area (Å²) >= 11 is 0. The Morgan fingerprint density at radius 1 is 0.630 bits per heavy atom. The predicted octanol–water partition coefficient (Wildman–Crippen LogP) is 4.21. The van der Waals surface area contributed by atoms with Gasteiger partial charge in [0.05, 0.1) is 6.61 Å². The second-order valence-corrected chi connectivity index (χ2v) is 13.9. The molecule has 0 saturated heterocycles. The van der Waals surface area contributed by atoms with Gasteiger partial charge in [-0.3, -0.25) is 18.6 Å². The van der Waals surface area contributed by atoms with Crippen molar-refractivity contribution >= 4 is 19.8 Å². The van der Waals surface area contributed by atoms with Gasteiger partial charge in [0.2, 0.25) is 0 Å². The van der Waals surface area contributed by atoms with Crippen molar-refractivity contribution in [3.63, 3.8) is 0 Å². The van der Waals surface area contributed by atoms with Crippen LogP contribution in [0, 0.1) is 0 Å². The Kier molecular flexibility index (Phi) is 23.2. The Balaban J connectivity index is 2.23.